The fourth-order valence-electron chi connectivity index (χ4n) is 5.56. The maximum Gasteiger partial charge on any atom is 0.408 e. The molecule has 1 aliphatic rings. The Morgan fingerprint density at radius 1 is 0.925 bits per heavy atom. The van der Waals surface area contributed by atoms with Gasteiger partial charge in [0.25, 0.3) is 0 Å². The van der Waals surface area contributed by atoms with Crippen molar-refractivity contribution in [3.05, 3.63) is 71.8 Å². The molecule has 2 aromatic rings. The quantitative estimate of drug-likeness (QED) is 0.349. The van der Waals surface area contributed by atoms with Crippen LogP contribution in [0.5, 0.6) is 0 Å². The first-order valence-electron chi connectivity index (χ1n) is 14.6. The van der Waals surface area contributed by atoms with Gasteiger partial charge < -0.3 is 20.7 Å². The van der Waals surface area contributed by atoms with Crippen LogP contribution in [0.25, 0.3) is 0 Å². The molecule has 0 heterocycles. The Kier molecular flexibility index (Phi) is 11.2. The third kappa shape index (κ3) is 9.68. The largest absolute Gasteiger partial charge is 0.444 e. The van der Waals surface area contributed by atoms with Gasteiger partial charge in [0, 0.05) is 18.9 Å². The van der Waals surface area contributed by atoms with Crippen molar-refractivity contribution in [1.82, 2.24) is 16.0 Å². The maximum absolute atomic E-state index is 13.7. The molecule has 1 saturated carbocycles. The van der Waals surface area contributed by atoms with Crippen molar-refractivity contribution >= 4 is 17.9 Å². The average Bonchev–Trinajstić information content (AvgIpc) is 2.90. The van der Waals surface area contributed by atoms with Gasteiger partial charge >= 0.3 is 6.09 Å². The number of hydrogen-bond donors (Lipinski definition) is 3. The first kappa shape index (κ1) is 31.2. The third-order valence-electron chi connectivity index (χ3n) is 7.65. The zero-order chi connectivity index (χ0) is 29.3. The van der Waals surface area contributed by atoms with Gasteiger partial charge in [-0.2, -0.15) is 0 Å². The Hall–Kier alpha value is -3.35. The standard InChI is InChI=1S/C33H47N3O4/c1-22(2)26-18-17-23(3)19-27(26)30(37)34-21-29(25-15-11-8-12-16-25)35-31(38)28(20-24-13-9-7-10-14-24)36-32(39)40-33(4,5)6/h7-16,22-23,26-29H,17-21H2,1-6H3,(H,34,37)(H,35,38)(H,36,39)/t23-,26+,27-,28+,29-/m1/s1. The van der Waals surface area contributed by atoms with Gasteiger partial charge in [-0.25, -0.2) is 4.79 Å². The van der Waals surface area contributed by atoms with Gasteiger partial charge in [0.05, 0.1) is 6.04 Å². The van der Waals surface area contributed by atoms with Crippen LogP contribution < -0.4 is 16.0 Å². The molecule has 0 unspecified atom stereocenters. The highest BCUT2D eigenvalue weighted by molar-refractivity contribution is 5.86. The summed E-state index contributed by atoms with van der Waals surface area (Å²) >= 11 is 0. The van der Waals surface area contributed by atoms with Gasteiger partial charge in [0.15, 0.2) is 0 Å². The Bertz CT molecular complexity index is 1100. The lowest BCUT2D eigenvalue weighted by Crippen LogP contribution is -2.51. The maximum atomic E-state index is 13.7. The minimum Gasteiger partial charge on any atom is -0.444 e. The van der Waals surface area contributed by atoms with Crippen LogP contribution in [0, 0.1) is 23.7 Å². The van der Waals surface area contributed by atoms with Gasteiger partial charge in [-0.05, 0) is 62.5 Å². The van der Waals surface area contributed by atoms with Crippen LogP contribution in [0.1, 0.15) is 78.0 Å². The second kappa shape index (κ2) is 14.3. The van der Waals surface area contributed by atoms with E-state index in [1.165, 1.54) is 0 Å². The second-order valence-electron chi connectivity index (χ2n) is 12.5. The van der Waals surface area contributed by atoms with E-state index in [0.717, 1.165) is 30.4 Å². The fraction of sp³-hybridized carbons (Fsp3) is 0.545. The summed E-state index contributed by atoms with van der Waals surface area (Å²) in [5.41, 5.74) is 1.10. The molecular formula is C33H47N3O4. The summed E-state index contributed by atoms with van der Waals surface area (Å²) in [4.78, 5) is 39.8. The summed E-state index contributed by atoms with van der Waals surface area (Å²) in [7, 11) is 0. The van der Waals surface area contributed by atoms with Gasteiger partial charge in [0.1, 0.15) is 11.6 Å². The second-order valence-corrected chi connectivity index (χ2v) is 12.5. The van der Waals surface area contributed by atoms with Gasteiger partial charge in [0.2, 0.25) is 11.8 Å². The number of amides is 3. The zero-order valence-corrected chi connectivity index (χ0v) is 24.9. The third-order valence-corrected chi connectivity index (χ3v) is 7.65. The van der Waals surface area contributed by atoms with Crippen molar-refractivity contribution in [2.45, 2.75) is 84.9 Å². The lowest BCUT2D eigenvalue weighted by atomic mass is 9.70. The molecule has 1 fully saturated rings. The summed E-state index contributed by atoms with van der Waals surface area (Å²) < 4.78 is 5.44. The Morgan fingerprint density at radius 3 is 2.15 bits per heavy atom. The molecule has 7 heteroatoms. The van der Waals surface area contributed by atoms with E-state index in [2.05, 4.69) is 36.7 Å². The molecule has 7 nitrogen and oxygen atoms in total. The van der Waals surface area contributed by atoms with Gasteiger partial charge in [-0.3, -0.25) is 9.59 Å². The van der Waals surface area contributed by atoms with Crippen molar-refractivity contribution in [3.63, 3.8) is 0 Å². The highest BCUT2D eigenvalue weighted by Crippen LogP contribution is 2.38. The van der Waals surface area contributed by atoms with Crippen LogP contribution in [-0.2, 0) is 20.7 Å². The molecule has 3 rings (SSSR count). The van der Waals surface area contributed by atoms with Crippen molar-refractivity contribution < 1.29 is 19.1 Å². The molecule has 0 saturated heterocycles. The Balaban J connectivity index is 1.77. The van der Waals surface area contributed by atoms with E-state index in [4.69, 9.17) is 4.74 Å². The van der Waals surface area contributed by atoms with E-state index in [0.29, 0.717) is 24.2 Å². The molecule has 0 aromatic heterocycles. The number of alkyl carbamates (subject to hydrolysis) is 1. The van der Waals surface area contributed by atoms with Gasteiger partial charge in [-0.15, -0.1) is 0 Å². The molecule has 2 aromatic carbocycles. The summed E-state index contributed by atoms with van der Waals surface area (Å²) in [6, 6.07) is 17.8. The smallest absolute Gasteiger partial charge is 0.408 e. The highest BCUT2D eigenvalue weighted by Gasteiger charge is 2.36. The molecule has 0 radical (unpaired) electrons. The van der Waals surface area contributed by atoms with E-state index >= 15 is 0 Å². The van der Waals surface area contributed by atoms with Crippen molar-refractivity contribution in [1.29, 1.82) is 0 Å². The molecule has 3 N–H and O–H groups in total. The van der Waals surface area contributed by atoms with Crippen LogP contribution in [0.3, 0.4) is 0 Å². The topological polar surface area (TPSA) is 96.5 Å². The van der Waals surface area contributed by atoms with E-state index in [1.807, 2.05) is 60.7 Å². The molecule has 0 aliphatic heterocycles. The molecular weight excluding hydrogens is 502 g/mol. The number of rotatable bonds is 10. The number of carbonyl (C=O) groups is 3. The summed E-state index contributed by atoms with van der Waals surface area (Å²) in [5.74, 6) is 0.987. The Labute approximate surface area is 239 Å². The minimum atomic E-state index is -0.858. The van der Waals surface area contributed by atoms with Crippen LogP contribution >= 0.6 is 0 Å². The number of ether oxygens (including phenoxy) is 1. The van der Waals surface area contributed by atoms with Gasteiger partial charge in [-0.1, -0.05) is 87.9 Å². The molecule has 218 valence electrons. The molecule has 0 spiro atoms. The predicted octanol–water partition coefficient (Wildman–Crippen LogP) is 5.80. The van der Waals surface area contributed by atoms with E-state index in [9.17, 15) is 14.4 Å². The first-order chi connectivity index (χ1) is 18.9. The highest BCUT2D eigenvalue weighted by atomic mass is 16.6. The molecule has 1 aliphatic carbocycles. The van der Waals surface area contributed by atoms with Crippen LogP contribution in [0.4, 0.5) is 4.79 Å². The summed E-state index contributed by atoms with van der Waals surface area (Å²) in [6.07, 6.45) is 2.75. The monoisotopic (exact) mass is 549 g/mol. The average molecular weight is 550 g/mol. The first-order valence-corrected chi connectivity index (χ1v) is 14.6. The molecule has 0 bridgehead atoms. The predicted molar refractivity (Wildman–Crippen MR) is 158 cm³/mol. The van der Waals surface area contributed by atoms with E-state index in [1.54, 1.807) is 20.8 Å². The van der Waals surface area contributed by atoms with Crippen molar-refractivity contribution in [3.8, 4) is 0 Å². The molecule has 5 atom stereocenters. The molecule has 40 heavy (non-hydrogen) atoms. The lowest BCUT2D eigenvalue weighted by molar-refractivity contribution is -0.130. The van der Waals surface area contributed by atoms with Crippen molar-refractivity contribution in [2.24, 2.45) is 23.7 Å². The number of nitrogens with one attached hydrogen (secondary N) is 3. The summed E-state index contributed by atoms with van der Waals surface area (Å²) in [5, 5.41) is 9.01. The summed E-state index contributed by atoms with van der Waals surface area (Å²) in [6.45, 7) is 12.2. The fourth-order valence-corrected chi connectivity index (χ4v) is 5.56. The van der Waals surface area contributed by atoms with Crippen LogP contribution in [0.2, 0.25) is 0 Å². The molecule has 3 amide bonds. The minimum absolute atomic E-state index is 0.0319. The lowest BCUT2D eigenvalue weighted by Gasteiger charge is -2.36. The SMILES string of the molecule is CC(C)[C@@H]1CC[C@@H](C)C[C@H]1C(=O)NC[C@@H](NC(=O)[C@H](Cc1ccccc1)NC(=O)OC(C)(C)C)c1ccccc1. The van der Waals surface area contributed by atoms with E-state index in [-0.39, 0.29) is 24.3 Å². The Morgan fingerprint density at radius 2 is 1.55 bits per heavy atom. The zero-order valence-electron chi connectivity index (χ0n) is 24.9. The van der Waals surface area contributed by atoms with Crippen molar-refractivity contribution in [2.75, 3.05) is 6.54 Å². The number of hydrogen-bond acceptors (Lipinski definition) is 4. The number of carbonyl (C=O) groups excluding carboxylic acids is 3. The van der Waals surface area contributed by atoms with Crippen LogP contribution in [0.15, 0.2) is 60.7 Å². The van der Waals surface area contributed by atoms with E-state index < -0.39 is 23.8 Å². The number of benzene rings is 2. The van der Waals surface area contributed by atoms with Crippen LogP contribution in [-0.4, -0.2) is 36.1 Å². The normalized spacial score (nSPS) is 20.7.